The number of hydrogen-bond acceptors (Lipinski definition) is 4. The van der Waals surface area contributed by atoms with Crippen LogP contribution in [0.2, 0.25) is 0 Å². The second-order valence-corrected chi connectivity index (χ2v) is 6.40. The lowest BCUT2D eigenvalue weighted by atomic mass is 10.0. The maximum absolute atomic E-state index is 5.78. The Kier molecular flexibility index (Phi) is 3.32. The molecule has 2 aliphatic rings. The molecule has 0 N–H and O–H groups in total. The molecule has 0 saturated carbocycles. The van der Waals surface area contributed by atoms with E-state index in [-0.39, 0.29) is 12.2 Å². The van der Waals surface area contributed by atoms with Gasteiger partial charge in [0.15, 0.2) is 0 Å². The first-order valence-corrected chi connectivity index (χ1v) is 8.30. The summed E-state index contributed by atoms with van der Waals surface area (Å²) in [5.41, 5.74) is 0. The predicted molar refractivity (Wildman–Crippen MR) is 91.9 cm³/mol. The smallest absolute Gasteiger partial charge is 0.120 e. The van der Waals surface area contributed by atoms with E-state index >= 15 is 0 Å². The van der Waals surface area contributed by atoms with E-state index in [1.54, 1.807) is 0 Å². The highest BCUT2D eigenvalue weighted by atomic mass is 16.6. The number of epoxide rings is 2. The molecule has 24 heavy (non-hydrogen) atoms. The molecule has 0 amide bonds. The quantitative estimate of drug-likeness (QED) is 0.514. The molecular formula is C20H18O4. The van der Waals surface area contributed by atoms with Crippen molar-refractivity contribution in [3.8, 4) is 11.5 Å². The molecule has 5 rings (SSSR count). The predicted octanol–water partition coefficient (Wildman–Crippen LogP) is 3.55. The molecule has 2 saturated heterocycles. The second-order valence-electron chi connectivity index (χ2n) is 6.40. The molecule has 2 atom stereocenters. The van der Waals surface area contributed by atoms with Crippen LogP contribution in [-0.4, -0.2) is 38.6 Å². The Hall–Kier alpha value is -2.30. The first kappa shape index (κ1) is 14.1. The third-order valence-electron chi connectivity index (χ3n) is 4.42. The van der Waals surface area contributed by atoms with Gasteiger partial charge in [0.25, 0.3) is 0 Å². The summed E-state index contributed by atoms with van der Waals surface area (Å²) in [6.07, 6.45) is 0.542. The van der Waals surface area contributed by atoms with E-state index < -0.39 is 0 Å². The van der Waals surface area contributed by atoms with E-state index in [0.29, 0.717) is 13.2 Å². The minimum atomic E-state index is 0.271. The van der Waals surface area contributed by atoms with Gasteiger partial charge in [-0.1, -0.05) is 12.1 Å². The van der Waals surface area contributed by atoms with E-state index in [1.165, 1.54) is 21.5 Å². The average Bonchev–Trinajstić information content (AvgIpc) is 3.50. The van der Waals surface area contributed by atoms with Crippen molar-refractivity contribution < 1.29 is 18.9 Å². The topological polar surface area (TPSA) is 43.5 Å². The van der Waals surface area contributed by atoms with Gasteiger partial charge in [-0.3, -0.25) is 0 Å². The van der Waals surface area contributed by atoms with Gasteiger partial charge >= 0.3 is 0 Å². The van der Waals surface area contributed by atoms with Crippen LogP contribution in [0.15, 0.2) is 48.5 Å². The monoisotopic (exact) mass is 322 g/mol. The zero-order valence-electron chi connectivity index (χ0n) is 13.2. The van der Waals surface area contributed by atoms with E-state index in [0.717, 1.165) is 24.7 Å². The normalized spacial score (nSPS) is 21.8. The molecule has 0 aromatic heterocycles. The van der Waals surface area contributed by atoms with Gasteiger partial charge in [-0.15, -0.1) is 0 Å². The number of rotatable bonds is 6. The van der Waals surface area contributed by atoms with Gasteiger partial charge in [0.1, 0.15) is 36.9 Å². The van der Waals surface area contributed by atoms with Crippen molar-refractivity contribution in [3.05, 3.63) is 48.5 Å². The third-order valence-corrected chi connectivity index (χ3v) is 4.42. The van der Waals surface area contributed by atoms with Crippen LogP contribution < -0.4 is 9.47 Å². The fourth-order valence-corrected chi connectivity index (χ4v) is 2.84. The van der Waals surface area contributed by atoms with Gasteiger partial charge in [-0.25, -0.2) is 0 Å². The Balaban J connectivity index is 1.44. The van der Waals surface area contributed by atoms with Gasteiger partial charge in [0.2, 0.25) is 0 Å². The average molecular weight is 322 g/mol. The molecule has 122 valence electrons. The number of fused-ring (bicyclic) bond motifs is 2. The van der Waals surface area contributed by atoms with Gasteiger partial charge in [-0.2, -0.15) is 0 Å². The van der Waals surface area contributed by atoms with Crippen LogP contribution >= 0.6 is 0 Å². The summed E-state index contributed by atoms with van der Waals surface area (Å²) < 4.78 is 21.9. The highest BCUT2D eigenvalue weighted by Crippen LogP contribution is 2.29. The molecular weight excluding hydrogens is 304 g/mol. The molecule has 3 aromatic rings. The van der Waals surface area contributed by atoms with E-state index in [9.17, 15) is 0 Å². The van der Waals surface area contributed by atoms with E-state index in [2.05, 4.69) is 36.4 Å². The van der Waals surface area contributed by atoms with Crippen LogP contribution in [0, 0.1) is 0 Å². The van der Waals surface area contributed by atoms with E-state index in [1.807, 2.05) is 12.1 Å². The van der Waals surface area contributed by atoms with Crippen molar-refractivity contribution >= 4 is 21.5 Å². The fourth-order valence-electron chi connectivity index (χ4n) is 2.84. The number of ether oxygens (including phenoxy) is 4. The SMILES string of the molecule is c1cc2cc3ccc(OCC4CO4)cc3cc2cc1OCC1CO1. The van der Waals surface area contributed by atoms with Crippen LogP contribution in [0.3, 0.4) is 0 Å². The highest BCUT2D eigenvalue weighted by molar-refractivity contribution is 5.99. The first-order chi connectivity index (χ1) is 11.8. The van der Waals surface area contributed by atoms with Crippen molar-refractivity contribution in [2.75, 3.05) is 26.4 Å². The Morgan fingerprint density at radius 2 is 1.12 bits per heavy atom. The maximum Gasteiger partial charge on any atom is 0.120 e. The summed E-state index contributed by atoms with van der Waals surface area (Å²) in [7, 11) is 0. The molecule has 0 bridgehead atoms. The highest BCUT2D eigenvalue weighted by Gasteiger charge is 2.23. The summed E-state index contributed by atoms with van der Waals surface area (Å²) >= 11 is 0. The molecule has 4 heteroatoms. The summed E-state index contributed by atoms with van der Waals surface area (Å²) in [5.74, 6) is 1.77. The molecule has 0 aliphatic carbocycles. The van der Waals surface area contributed by atoms with Crippen molar-refractivity contribution in [1.29, 1.82) is 0 Å². The zero-order chi connectivity index (χ0) is 15.9. The Morgan fingerprint density at radius 1 is 0.667 bits per heavy atom. The van der Waals surface area contributed by atoms with Crippen molar-refractivity contribution in [2.24, 2.45) is 0 Å². The molecule has 0 radical (unpaired) electrons. The van der Waals surface area contributed by atoms with E-state index in [4.69, 9.17) is 18.9 Å². The molecule has 2 aliphatic heterocycles. The van der Waals surface area contributed by atoms with Gasteiger partial charge in [0.05, 0.1) is 13.2 Å². The summed E-state index contributed by atoms with van der Waals surface area (Å²) in [5, 5.41) is 4.74. The molecule has 0 spiro atoms. The minimum Gasteiger partial charge on any atom is -0.491 e. The molecule has 2 unspecified atom stereocenters. The van der Waals surface area contributed by atoms with Crippen molar-refractivity contribution in [1.82, 2.24) is 0 Å². The molecule has 4 nitrogen and oxygen atoms in total. The lowest BCUT2D eigenvalue weighted by molar-refractivity contribution is 0.263. The summed E-state index contributed by atoms with van der Waals surface area (Å²) in [6, 6.07) is 16.8. The summed E-state index contributed by atoms with van der Waals surface area (Å²) in [6.45, 7) is 2.88. The minimum absolute atomic E-state index is 0.271. The fraction of sp³-hybridized carbons (Fsp3) is 0.300. The lowest BCUT2D eigenvalue weighted by Crippen LogP contribution is -2.04. The Bertz CT molecular complexity index is 826. The van der Waals surface area contributed by atoms with Crippen LogP contribution in [0.4, 0.5) is 0 Å². The summed E-state index contributed by atoms with van der Waals surface area (Å²) in [4.78, 5) is 0. The maximum atomic E-state index is 5.78. The largest absolute Gasteiger partial charge is 0.491 e. The van der Waals surface area contributed by atoms with Crippen molar-refractivity contribution in [3.63, 3.8) is 0 Å². The second kappa shape index (κ2) is 5.65. The molecule has 2 fully saturated rings. The van der Waals surface area contributed by atoms with Crippen LogP contribution in [0.25, 0.3) is 21.5 Å². The lowest BCUT2D eigenvalue weighted by Gasteiger charge is -2.09. The van der Waals surface area contributed by atoms with Crippen LogP contribution in [0.5, 0.6) is 11.5 Å². The van der Waals surface area contributed by atoms with Gasteiger partial charge in [-0.05, 0) is 57.9 Å². The number of hydrogen-bond donors (Lipinski definition) is 0. The number of benzene rings is 3. The molecule has 3 aromatic carbocycles. The zero-order valence-corrected chi connectivity index (χ0v) is 13.2. The van der Waals surface area contributed by atoms with Gasteiger partial charge in [0, 0.05) is 0 Å². The third kappa shape index (κ3) is 3.03. The first-order valence-electron chi connectivity index (χ1n) is 8.30. The Morgan fingerprint density at radius 3 is 1.58 bits per heavy atom. The van der Waals surface area contributed by atoms with Crippen LogP contribution in [0.1, 0.15) is 0 Å². The van der Waals surface area contributed by atoms with Crippen molar-refractivity contribution in [2.45, 2.75) is 12.2 Å². The Labute approximate surface area is 139 Å². The van der Waals surface area contributed by atoms with Gasteiger partial charge < -0.3 is 18.9 Å². The van der Waals surface area contributed by atoms with Crippen LogP contribution in [-0.2, 0) is 9.47 Å². The standard InChI is InChI=1S/C20H18O4/c1-3-17(21-9-19-11-23-19)7-15-6-16-8-18(22-10-20-12-24-20)4-2-14(16)5-13(1)15/h1-8,19-20H,9-12H2. The molecule has 2 heterocycles.